The molecule has 0 radical (unpaired) electrons. The third kappa shape index (κ3) is 6.00. The van der Waals surface area contributed by atoms with Crippen molar-refractivity contribution >= 4 is 0 Å². The van der Waals surface area contributed by atoms with Crippen molar-refractivity contribution in [1.82, 2.24) is 0 Å². The van der Waals surface area contributed by atoms with E-state index in [4.69, 9.17) is 4.74 Å². The first-order valence-electron chi connectivity index (χ1n) is 13.4. The fourth-order valence-corrected chi connectivity index (χ4v) is 4.97. The van der Waals surface area contributed by atoms with Gasteiger partial charge in [0.2, 0.25) is 0 Å². The van der Waals surface area contributed by atoms with E-state index in [2.05, 4.69) is 133 Å². The zero-order chi connectivity index (χ0) is 26.3. The Kier molecular flexibility index (Phi) is 7.32. The molecular formula is C38H30O. The summed E-state index contributed by atoms with van der Waals surface area (Å²) in [4.78, 5) is 0. The van der Waals surface area contributed by atoms with E-state index in [1.807, 2.05) is 24.3 Å². The number of hydrogen-bond donors (Lipinski definition) is 0. The lowest BCUT2D eigenvalue weighted by atomic mass is 9.99. The quantitative estimate of drug-likeness (QED) is 0.201. The first-order chi connectivity index (χ1) is 19.3. The van der Waals surface area contributed by atoms with Crippen molar-refractivity contribution in [3.8, 4) is 33.8 Å². The van der Waals surface area contributed by atoms with Gasteiger partial charge in [0.1, 0.15) is 11.5 Å². The minimum Gasteiger partial charge on any atom is -0.456 e. The molecule has 0 saturated carbocycles. The maximum absolute atomic E-state index is 6.60. The summed E-state index contributed by atoms with van der Waals surface area (Å²) < 4.78 is 6.60. The van der Waals surface area contributed by atoms with E-state index in [1.54, 1.807) is 0 Å². The van der Waals surface area contributed by atoms with Gasteiger partial charge < -0.3 is 4.74 Å². The van der Waals surface area contributed by atoms with E-state index in [0.717, 1.165) is 46.6 Å². The van der Waals surface area contributed by atoms with Gasteiger partial charge in [0, 0.05) is 11.1 Å². The van der Waals surface area contributed by atoms with Crippen LogP contribution >= 0.6 is 0 Å². The van der Waals surface area contributed by atoms with Crippen LogP contribution < -0.4 is 4.74 Å². The molecule has 6 aromatic rings. The van der Waals surface area contributed by atoms with E-state index in [9.17, 15) is 0 Å². The SMILES string of the molecule is c1ccc(Cc2ccc(-c3ccccc3Oc3ccccc3-c3ccc(Cc4ccccc4)cc3)cc2)cc1. The molecule has 1 heteroatoms. The molecule has 39 heavy (non-hydrogen) atoms. The maximum Gasteiger partial charge on any atom is 0.135 e. The molecule has 0 spiro atoms. The minimum atomic E-state index is 0.849. The Hall–Kier alpha value is -4.88. The van der Waals surface area contributed by atoms with Crippen LogP contribution in [0, 0.1) is 0 Å². The Morgan fingerprint density at radius 2 is 0.641 bits per heavy atom. The molecule has 0 heterocycles. The lowest BCUT2D eigenvalue weighted by molar-refractivity contribution is 0.486. The van der Waals surface area contributed by atoms with Crippen molar-refractivity contribution < 1.29 is 4.74 Å². The van der Waals surface area contributed by atoms with Crippen LogP contribution in [0.15, 0.2) is 158 Å². The molecule has 0 aliphatic carbocycles. The van der Waals surface area contributed by atoms with Crippen LogP contribution in [0.3, 0.4) is 0 Å². The highest BCUT2D eigenvalue weighted by atomic mass is 16.5. The zero-order valence-corrected chi connectivity index (χ0v) is 21.8. The molecule has 0 N–H and O–H groups in total. The number of benzene rings is 6. The molecule has 188 valence electrons. The summed E-state index contributed by atoms with van der Waals surface area (Å²) in [5.41, 5.74) is 9.68. The summed E-state index contributed by atoms with van der Waals surface area (Å²) in [7, 11) is 0. The normalized spacial score (nSPS) is 10.8. The molecule has 0 atom stereocenters. The van der Waals surface area contributed by atoms with Gasteiger partial charge >= 0.3 is 0 Å². The molecule has 0 aromatic heterocycles. The summed E-state index contributed by atoms with van der Waals surface area (Å²) in [6, 6.07) is 55.3. The lowest BCUT2D eigenvalue weighted by Gasteiger charge is -2.15. The molecule has 0 aliphatic heterocycles. The fourth-order valence-electron chi connectivity index (χ4n) is 4.97. The van der Waals surface area contributed by atoms with Crippen LogP contribution in [0.5, 0.6) is 11.5 Å². The number of rotatable bonds is 8. The third-order valence-corrected chi connectivity index (χ3v) is 7.03. The molecule has 1 nitrogen and oxygen atoms in total. The summed E-state index contributed by atoms with van der Waals surface area (Å²) in [5, 5.41) is 0. The highest BCUT2D eigenvalue weighted by molar-refractivity contribution is 5.74. The van der Waals surface area contributed by atoms with E-state index in [0.29, 0.717) is 0 Å². The maximum atomic E-state index is 6.60. The van der Waals surface area contributed by atoms with Gasteiger partial charge in [-0.05, 0) is 58.4 Å². The van der Waals surface area contributed by atoms with Gasteiger partial charge in [0.25, 0.3) is 0 Å². The summed E-state index contributed by atoms with van der Waals surface area (Å²) in [6.07, 6.45) is 1.85. The predicted octanol–water partition coefficient (Wildman–Crippen LogP) is 9.99. The van der Waals surface area contributed by atoms with E-state index in [1.165, 1.54) is 22.3 Å². The topological polar surface area (TPSA) is 9.23 Å². The van der Waals surface area contributed by atoms with Crippen LogP contribution in [0.1, 0.15) is 22.3 Å². The number of ether oxygens (including phenoxy) is 1. The van der Waals surface area contributed by atoms with E-state index < -0.39 is 0 Å². The van der Waals surface area contributed by atoms with Gasteiger partial charge in [0.05, 0.1) is 0 Å². The zero-order valence-electron chi connectivity index (χ0n) is 21.8. The third-order valence-electron chi connectivity index (χ3n) is 7.03. The average molecular weight is 503 g/mol. The van der Waals surface area contributed by atoms with Crippen LogP contribution in [-0.4, -0.2) is 0 Å². The standard InChI is InChI=1S/C38H30O/c1-3-11-29(12-4-1)27-31-19-23-33(24-20-31)35-15-7-9-17-37(35)39-38-18-10-8-16-36(38)34-25-21-32(22-26-34)28-30-13-5-2-6-14-30/h1-26H,27-28H2. The molecule has 0 fully saturated rings. The highest BCUT2D eigenvalue weighted by Gasteiger charge is 2.11. The Balaban J connectivity index is 1.23. The van der Waals surface area contributed by atoms with Crippen LogP contribution in [0.25, 0.3) is 22.3 Å². The Morgan fingerprint density at radius 3 is 1.05 bits per heavy atom. The number of para-hydroxylation sites is 2. The van der Waals surface area contributed by atoms with Crippen molar-refractivity contribution in [3.63, 3.8) is 0 Å². The van der Waals surface area contributed by atoms with Gasteiger partial charge in [-0.2, -0.15) is 0 Å². The largest absolute Gasteiger partial charge is 0.456 e. The van der Waals surface area contributed by atoms with Crippen molar-refractivity contribution in [2.24, 2.45) is 0 Å². The Bertz CT molecular complexity index is 1510. The Labute approximate surface area is 231 Å². The molecule has 6 aromatic carbocycles. The second kappa shape index (κ2) is 11.7. The van der Waals surface area contributed by atoms with Gasteiger partial charge in [0.15, 0.2) is 0 Å². The summed E-state index contributed by atoms with van der Waals surface area (Å²) >= 11 is 0. The van der Waals surface area contributed by atoms with E-state index >= 15 is 0 Å². The second-order valence-electron chi connectivity index (χ2n) is 9.81. The van der Waals surface area contributed by atoms with Crippen molar-refractivity contribution in [2.45, 2.75) is 12.8 Å². The molecule has 0 aliphatic rings. The average Bonchev–Trinajstić information content (AvgIpc) is 3.00. The van der Waals surface area contributed by atoms with Crippen LogP contribution in [0.4, 0.5) is 0 Å². The van der Waals surface area contributed by atoms with Crippen LogP contribution in [-0.2, 0) is 12.8 Å². The highest BCUT2D eigenvalue weighted by Crippen LogP contribution is 2.38. The molecule has 6 rings (SSSR count). The summed E-state index contributed by atoms with van der Waals surface area (Å²) in [5.74, 6) is 1.70. The smallest absolute Gasteiger partial charge is 0.135 e. The molecule has 0 unspecified atom stereocenters. The summed E-state index contributed by atoms with van der Waals surface area (Å²) in [6.45, 7) is 0. The van der Waals surface area contributed by atoms with Crippen LogP contribution in [0.2, 0.25) is 0 Å². The molecule has 0 saturated heterocycles. The fraction of sp³-hybridized carbons (Fsp3) is 0.0526. The minimum absolute atomic E-state index is 0.849. The van der Waals surface area contributed by atoms with Crippen molar-refractivity contribution in [1.29, 1.82) is 0 Å². The van der Waals surface area contributed by atoms with Gasteiger partial charge in [-0.15, -0.1) is 0 Å². The first-order valence-corrected chi connectivity index (χ1v) is 13.4. The van der Waals surface area contributed by atoms with Crippen molar-refractivity contribution in [2.75, 3.05) is 0 Å². The predicted molar refractivity (Wildman–Crippen MR) is 162 cm³/mol. The Morgan fingerprint density at radius 1 is 0.308 bits per heavy atom. The van der Waals surface area contributed by atoms with E-state index in [-0.39, 0.29) is 0 Å². The molecular weight excluding hydrogens is 472 g/mol. The number of hydrogen-bond acceptors (Lipinski definition) is 1. The second-order valence-corrected chi connectivity index (χ2v) is 9.81. The lowest BCUT2D eigenvalue weighted by Crippen LogP contribution is -1.92. The molecule has 0 amide bonds. The van der Waals surface area contributed by atoms with Gasteiger partial charge in [-0.25, -0.2) is 0 Å². The van der Waals surface area contributed by atoms with Crippen molar-refractivity contribution in [3.05, 3.63) is 180 Å². The van der Waals surface area contributed by atoms with Gasteiger partial charge in [-0.1, -0.05) is 146 Å². The van der Waals surface area contributed by atoms with Gasteiger partial charge in [-0.3, -0.25) is 0 Å². The monoisotopic (exact) mass is 502 g/mol. The first kappa shape index (κ1) is 24.5. The molecule has 0 bridgehead atoms.